The van der Waals surface area contributed by atoms with Crippen molar-refractivity contribution < 1.29 is 19.4 Å². The topological polar surface area (TPSA) is 94.5 Å². The molecule has 0 aliphatic carbocycles. The normalized spacial score (nSPS) is 20.9. The lowest BCUT2D eigenvalue weighted by Crippen LogP contribution is -2.57. The average Bonchev–Trinajstić information content (AvgIpc) is 3.21. The fourth-order valence-electron chi connectivity index (χ4n) is 6.97. The maximum Gasteiger partial charge on any atom is 0.410 e. The maximum absolute atomic E-state index is 13.0. The van der Waals surface area contributed by atoms with E-state index in [1.165, 1.54) is 0 Å². The van der Waals surface area contributed by atoms with Crippen molar-refractivity contribution in [2.24, 2.45) is 0 Å². The van der Waals surface area contributed by atoms with Crippen LogP contribution in [0.3, 0.4) is 0 Å². The summed E-state index contributed by atoms with van der Waals surface area (Å²) in [5.41, 5.74) is 2.53. The van der Waals surface area contributed by atoms with Gasteiger partial charge in [0.05, 0.1) is 30.0 Å². The Hall–Kier alpha value is -3.79. The summed E-state index contributed by atoms with van der Waals surface area (Å²) in [5, 5.41) is 13.2. The van der Waals surface area contributed by atoms with Crippen molar-refractivity contribution in [2.45, 2.75) is 77.3 Å². The summed E-state index contributed by atoms with van der Waals surface area (Å²) in [6, 6.07) is 10.1. The minimum atomic E-state index is -0.512. The molecule has 4 heterocycles. The van der Waals surface area contributed by atoms with Crippen LogP contribution in [0.1, 0.15) is 51.8 Å². The number of phenols is 1. The number of ether oxygens (including phenoxy) is 2. The number of piperazine rings is 1. The van der Waals surface area contributed by atoms with Crippen LogP contribution in [0.5, 0.6) is 11.5 Å². The Bertz CT molecular complexity index is 1490. The molecule has 0 radical (unpaired) electrons. The molecular formula is C33H44N6O4. The number of fused-ring (bicyclic) bond motifs is 4. The number of anilines is 2. The van der Waals surface area contributed by atoms with Crippen LogP contribution in [-0.4, -0.2) is 95.0 Å². The summed E-state index contributed by atoms with van der Waals surface area (Å²) in [6.07, 6.45) is 4.06. The van der Waals surface area contributed by atoms with Crippen molar-refractivity contribution in [2.75, 3.05) is 50.1 Å². The number of carbonyl (C=O) groups excluding carboxylic acids is 1. The van der Waals surface area contributed by atoms with Crippen LogP contribution in [0.4, 0.5) is 16.3 Å². The van der Waals surface area contributed by atoms with Crippen molar-refractivity contribution in [3.05, 3.63) is 47.9 Å². The van der Waals surface area contributed by atoms with E-state index in [2.05, 4.69) is 20.8 Å². The van der Waals surface area contributed by atoms with Crippen molar-refractivity contribution in [1.82, 2.24) is 19.8 Å². The fraction of sp³-hybridized carbons (Fsp3) is 0.545. The number of hydrogen-bond acceptors (Lipinski definition) is 9. The summed E-state index contributed by atoms with van der Waals surface area (Å²) in [7, 11) is 4.03. The number of phenolic OH excluding ortho intramolecular Hbond substituents is 1. The molecule has 1 aromatic heterocycles. The van der Waals surface area contributed by atoms with Gasteiger partial charge in [0, 0.05) is 37.1 Å². The third kappa shape index (κ3) is 5.89. The molecule has 2 fully saturated rings. The van der Waals surface area contributed by atoms with E-state index in [-0.39, 0.29) is 30.0 Å². The maximum atomic E-state index is 13.0. The van der Waals surface area contributed by atoms with Gasteiger partial charge in [-0.05, 0) is 72.5 Å². The molecule has 2 saturated heterocycles. The highest BCUT2D eigenvalue weighted by molar-refractivity contribution is 5.99. The van der Waals surface area contributed by atoms with Crippen LogP contribution in [-0.2, 0) is 17.7 Å². The SMILES string of the molecule is CC(CN(C)C)Oc1c(O)cc2ccccc2c1N1CCc2c(ncnc2N2CC3CCC(C2)N3C(=O)OC(C)(C)C)C1. The monoisotopic (exact) mass is 588 g/mol. The molecule has 3 aliphatic rings. The Morgan fingerprint density at radius 1 is 1.12 bits per heavy atom. The number of aromatic nitrogens is 2. The first-order chi connectivity index (χ1) is 20.5. The smallest absolute Gasteiger partial charge is 0.410 e. The first-order valence-corrected chi connectivity index (χ1v) is 15.4. The molecular weight excluding hydrogens is 544 g/mol. The van der Waals surface area contributed by atoms with Crippen molar-refractivity contribution in [1.29, 1.82) is 0 Å². The van der Waals surface area contributed by atoms with Gasteiger partial charge in [-0.25, -0.2) is 14.8 Å². The van der Waals surface area contributed by atoms with E-state index in [9.17, 15) is 9.90 Å². The molecule has 10 heteroatoms. The van der Waals surface area contributed by atoms with Crippen LogP contribution in [0.25, 0.3) is 10.8 Å². The van der Waals surface area contributed by atoms with Crippen LogP contribution in [0, 0.1) is 0 Å². The number of amides is 1. The predicted octanol–water partition coefficient (Wildman–Crippen LogP) is 4.82. The van der Waals surface area contributed by atoms with Crippen LogP contribution < -0.4 is 14.5 Å². The van der Waals surface area contributed by atoms with Gasteiger partial charge in [-0.2, -0.15) is 0 Å². The van der Waals surface area contributed by atoms with Crippen molar-refractivity contribution in [3.63, 3.8) is 0 Å². The molecule has 3 unspecified atom stereocenters. The lowest BCUT2D eigenvalue weighted by atomic mass is 10.0. The van der Waals surface area contributed by atoms with Gasteiger partial charge >= 0.3 is 6.09 Å². The Balaban J connectivity index is 1.28. The van der Waals surface area contributed by atoms with Gasteiger partial charge in [0.2, 0.25) is 0 Å². The summed E-state index contributed by atoms with van der Waals surface area (Å²) in [5.74, 6) is 1.63. The number of benzene rings is 2. The zero-order valence-electron chi connectivity index (χ0n) is 26.2. The van der Waals surface area contributed by atoms with E-state index in [4.69, 9.17) is 19.4 Å². The van der Waals surface area contributed by atoms with Crippen LogP contribution in [0.2, 0.25) is 0 Å². The zero-order chi connectivity index (χ0) is 30.5. The second-order valence-electron chi connectivity index (χ2n) is 13.5. The molecule has 1 amide bonds. The Morgan fingerprint density at radius 3 is 2.53 bits per heavy atom. The minimum absolute atomic E-state index is 0.110. The van der Waals surface area contributed by atoms with Gasteiger partial charge in [-0.1, -0.05) is 24.3 Å². The van der Waals surface area contributed by atoms with Gasteiger partial charge in [0.1, 0.15) is 23.9 Å². The zero-order valence-corrected chi connectivity index (χ0v) is 26.2. The second-order valence-corrected chi connectivity index (χ2v) is 13.5. The number of nitrogens with zero attached hydrogens (tertiary/aromatic N) is 6. The molecule has 3 atom stereocenters. The van der Waals surface area contributed by atoms with E-state index in [0.29, 0.717) is 12.3 Å². The highest BCUT2D eigenvalue weighted by Gasteiger charge is 2.45. The van der Waals surface area contributed by atoms with Gasteiger partial charge in [0.15, 0.2) is 11.5 Å². The number of carbonyl (C=O) groups is 1. The Labute approximate surface area is 254 Å². The van der Waals surface area contributed by atoms with Crippen molar-refractivity contribution in [3.8, 4) is 11.5 Å². The number of hydrogen-bond donors (Lipinski definition) is 1. The lowest BCUT2D eigenvalue weighted by Gasteiger charge is -2.43. The molecule has 3 aromatic rings. The minimum Gasteiger partial charge on any atom is -0.504 e. The van der Waals surface area contributed by atoms with E-state index in [1.807, 2.05) is 64.9 Å². The standard InChI is InChI=1S/C33H44N6O4/c1-21(16-36(5)6)42-30-28(40)15-22-9-7-8-10-25(22)29(30)37-14-13-26-27(19-37)34-20-35-31(26)38-17-23-11-12-24(18-38)39(23)32(41)43-33(2,3)4/h7-10,15,20-21,23-24,40H,11-14,16-19H2,1-6H3. The molecule has 10 nitrogen and oxygen atoms in total. The number of aromatic hydroxyl groups is 1. The van der Waals surface area contributed by atoms with Gasteiger partial charge in [0.25, 0.3) is 0 Å². The van der Waals surface area contributed by atoms with E-state index >= 15 is 0 Å². The molecule has 3 aliphatic heterocycles. The largest absolute Gasteiger partial charge is 0.504 e. The average molecular weight is 589 g/mol. The first-order valence-electron chi connectivity index (χ1n) is 15.4. The number of rotatable bonds is 6. The van der Waals surface area contributed by atoms with Crippen LogP contribution in [0.15, 0.2) is 36.7 Å². The summed E-state index contributed by atoms with van der Waals surface area (Å²) in [4.78, 5) is 31.2. The van der Waals surface area contributed by atoms with Gasteiger partial charge < -0.3 is 29.3 Å². The third-order valence-corrected chi connectivity index (χ3v) is 8.58. The molecule has 43 heavy (non-hydrogen) atoms. The van der Waals surface area contributed by atoms with Gasteiger partial charge in [-0.3, -0.25) is 4.90 Å². The predicted molar refractivity (Wildman–Crippen MR) is 168 cm³/mol. The van der Waals surface area contributed by atoms with Crippen LogP contribution >= 0.6 is 0 Å². The summed E-state index contributed by atoms with van der Waals surface area (Å²) < 4.78 is 12.2. The molecule has 6 rings (SSSR count). The summed E-state index contributed by atoms with van der Waals surface area (Å²) >= 11 is 0. The fourth-order valence-corrected chi connectivity index (χ4v) is 6.97. The molecule has 2 aromatic carbocycles. The van der Waals surface area contributed by atoms with Gasteiger partial charge in [-0.15, -0.1) is 0 Å². The van der Waals surface area contributed by atoms with E-state index in [0.717, 1.165) is 79.0 Å². The lowest BCUT2D eigenvalue weighted by molar-refractivity contribution is 0.0122. The molecule has 230 valence electrons. The molecule has 2 bridgehead atoms. The highest BCUT2D eigenvalue weighted by atomic mass is 16.6. The highest BCUT2D eigenvalue weighted by Crippen LogP contribution is 2.46. The first kappa shape index (κ1) is 29.3. The Kier molecular flexibility index (Phi) is 7.75. The van der Waals surface area contributed by atoms with E-state index in [1.54, 1.807) is 12.4 Å². The summed E-state index contributed by atoms with van der Waals surface area (Å²) in [6.45, 7) is 11.3. The molecule has 1 N–H and O–H groups in total. The molecule has 0 spiro atoms. The quantitative estimate of drug-likeness (QED) is 0.435. The number of likely N-dealkylation sites (N-methyl/N-ethyl adjacent to an activating group) is 1. The second kappa shape index (κ2) is 11.4. The Morgan fingerprint density at radius 2 is 1.84 bits per heavy atom. The van der Waals surface area contributed by atoms with E-state index < -0.39 is 5.60 Å². The molecule has 0 saturated carbocycles. The van der Waals surface area contributed by atoms with Crippen molar-refractivity contribution >= 4 is 28.4 Å². The third-order valence-electron chi connectivity index (χ3n) is 8.58.